The van der Waals surface area contributed by atoms with E-state index in [0.717, 1.165) is 12.8 Å². The van der Waals surface area contributed by atoms with Crippen molar-refractivity contribution in [2.45, 2.75) is 19.8 Å². The van der Waals surface area contributed by atoms with Crippen LogP contribution in [-0.4, -0.2) is 5.37 Å². The number of benzene rings is 1. The van der Waals surface area contributed by atoms with Gasteiger partial charge in [-0.15, -0.1) is 0 Å². The topological polar surface area (TPSA) is 0 Å². The third kappa shape index (κ3) is 2.43. The van der Waals surface area contributed by atoms with Crippen LogP contribution in [0.5, 0.6) is 0 Å². The lowest BCUT2D eigenvalue weighted by Gasteiger charge is -1.97. The Morgan fingerprint density at radius 2 is 2.18 bits per heavy atom. The summed E-state index contributed by atoms with van der Waals surface area (Å²) in [5, 5.41) is 1.74. The van der Waals surface area contributed by atoms with Gasteiger partial charge in [0.25, 0.3) is 0 Å². The Hall–Kier alpha value is -0.690. The second-order valence-corrected chi connectivity index (χ2v) is 2.76. The van der Waals surface area contributed by atoms with Crippen molar-refractivity contribution < 1.29 is 0 Å². The van der Waals surface area contributed by atoms with E-state index in [2.05, 4.69) is 31.2 Å². The van der Waals surface area contributed by atoms with E-state index in [-0.39, 0.29) is 0 Å². The van der Waals surface area contributed by atoms with Crippen LogP contribution in [0.4, 0.5) is 0 Å². The van der Waals surface area contributed by atoms with Gasteiger partial charge in [0.2, 0.25) is 0 Å². The molecule has 0 aliphatic rings. The third-order valence-electron chi connectivity index (χ3n) is 1.60. The lowest BCUT2D eigenvalue weighted by Crippen LogP contribution is -1.87. The predicted molar refractivity (Wildman–Crippen MR) is 52.0 cm³/mol. The monoisotopic (exact) mass is 163 g/mol. The number of aryl methyl sites for hydroxylation is 1. The molecule has 0 nitrogen and oxygen atoms in total. The molecule has 0 aromatic heterocycles. The summed E-state index contributed by atoms with van der Waals surface area (Å²) in [6.45, 7) is 2.13. The molecule has 0 unspecified atom stereocenters. The Labute approximate surface area is 73.2 Å². The number of thiocarbonyl (C=S) groups is 1. The molecule has 0 saturated heterocycles. The Morgan fingerprint density at radius 3 is 2.82 bits per heavy atom. The van der Waals surface area contributed by atoms with Crippen molar-refractivity contribution in [1.29, 1.82) is 0 Å². The van der Waals surface area contributed by atoms with Gasteiger partial charge in [0.05, 0.1) is 0 Å². The molecule has 57 valence electrons. The second-order valence-electron chi connectivity index (χ2n) is 2.43. The molecule has 0 N–H and O–H groups in total. The van der Waals surface area contributed by atoms with Crippen molar-refractivity contribution in [3.05, 3.63) is 35.4 Å². The zero-order chi connectivity index (χ0) is 8.10. The summed E-state index contributed by atoms with van der Waals surface area (Å²) in [4.78, 5) is 0. The van der Waals surface area contributed by atoms with Gasteiger partial charge in [0.15, 0.2) is 0 Å². The van der Waals surface area contributed by atoms with Gasteiger partial charge >= 0.3 is 0 Å². The Balaban J connectivity index is 2.82. The first-order chi connectivity index (χ1) is 5.36. The molecule has 1 radical (unpaired) electrons. The highest BCUT2D eigenvalue weighted by atomic mass is 32.1. The fourth-order valence-corrected chi connectivity index (χ4v) is 1.16. The largest absolute Gasteiger partial charge is 0.0931 e. The molecule has 0 amide bonds. The van der Waals surface area contributed by atoms with Crippen LogP contribution in [0.2, 0.25) is 0 Å². The summed E-state index contributed by atoms with van der Waals surface area (Å²) in [6.07, 6.45) is 1.90. The maximum absolute atomic E-state index is 4.77. The molecule has 1 heteroatoms. The third-order valence-corrected chi connectivity index (χ3v) is 1.77. The molecule has 1 aromatic rings. The molecule has 11 heavy (non-hydrogen) atoms. The molecular weight excluding hydrogens is 152 g/mol. The van der Waals surface area contributed by atoms with E-state index in [9.17, 15) is 0 Å². The maximum atomic E-state index is 4.77. The van der Waals surface area contributed by atoms with Gasteiger partial charge in [0, 0.05) is 6.42 Å². The summed E-state index contributed by atoms with van der Waals surface area (Å²) in [7, 11) is 0. The van der Waals surface area contributed by atoms with Crippen LogP contribution in [0.1, 0.15) is 18.1 Å². The van der Waals surface area contributed by atoms with E-state index in [4.69, 9.17) is 12.2 Å². The fourth-order valence-electron chi connectivity index (χ4n) is 0.985. The van der Waals surface area contributed by atoms with E-state index in [1.165, 1.54) is 11.1 Å². The number of hydrogen-bond donors (Lipinski definition) is 0. The van der Waals surface area contributed by atoms with Gasteiger partial charge in [-0.1, -0.05) is 37.3 Å². The van der Waals surface area contributed by atoms with Crippen LogP contribution < -0.4 is 0 Å². The van der Waals surface area contributed by atoms with Gasteiger partial charge < -0.3 is 0 Å². The van der Waals surface area contributed by atoms with Crippen molar-refractivity contribution in [2.75, 3.05) is 0 Å². The molecule has 1 rings (SSSR count). The van der Waals surface area contributed by atoms with Crippen molar-refractivity contribution >= 4 is 17.6 Å². The first-order valence-corrected chi connectivity index (χ1v) is 4.27. The first-order valence-electron chi connectivity index (χ1n) is 3.80. The Kier molecular flexibility index (Phi) is 3.24. The Morgan fingerprint density at radius 1 is 1.45 bits per heavy atom. The molecule has 0 fully saturated rings. The summed E-state index contributed by atoms with van der Waals surface area (Å²) in [5.74, 6) is 0. The Bertz CT molecular complexity index is 240. The molecule has 0 bridgehead atoms. The maximum Gasteiger partial charge on any atom is 0.00140 e. The summed E-state index contributed by atoms with van der Waals surface area (Å²) in [6, 6.07) is 9.50. The second kappa shape index (κ2) is 4.24. The van der Waals surface area contributed by atoms with Crippen LogP contribution in [-0.2, 0) is 12.8 Å². The summed E-state index contributed by atoms with van der Waals surface area (Å²) < 4.78 is 0. The smallest absolute Gasteiger partial charge is 0.00140 e. The van der Waals surface area contributed by atoms with Crippen molar-refractivity contribution in [2.24, 2.45) is 0 Å². The SMILES string of the molecule is CCc1[c]c(CC=S)ccc1. The number of rotatable bonds is 3. The highest BCUT2D eigenvalue weighted by molar-refractivity contribution is 7.78. The highest BCUT2D eigenvalue weighted by Gasteiger charge is 1.91. The van der Waals surface area contributed by atoms with Crippen molar-refractivity contribution in [1.82, 2.24) is 0 Å². The van der Waals surface area contributed by atoms with Gasteiger partial charge in [-0.05, 0) is 29.0 Å². The minimum absolute atomic E-state index is 0.850. The minimum atomic E-state index is 0.850. The lowest BCUT2D eigenvalue weighted by molar-refractivity contribution is 1.12. The zero-order valence-corrected chi connectivity index (χ0v) is 7.45. The van der Waals surface area contributed by atoms with E-state index < -0.39 is 0 Å². The van der Waals surface area contributed by atoms with Crippen LogP contribution in [0.3, 0.4) is 0 Å². The molecule has 0 heterocycles. The summed E-state index contributed by atoms with van der Waals surface area (Å²) in [5.41, 5.74) is 2.46. The highest BCUT2D eigenvalue weighted by Crippen LogP contribution is 2.04. The molecule has 1 aromatic carbocycles. The van der Waals surface area contributed by atoms with Crippen LogP contribution >= 0.6 is 12.2 Å². The standard InChI is InChI=1S/C10H11S/c1-2-9-4-3-5-10(8-9)6-7-11/h3-5,7H,2,6H2,1H3. The van der Waals surface area contributed by atoms with E-state index in [1.807, 2.05) is 0 Å². The fraction of sp³-hybridized carbons (Fsp3) is 0.300. The average Bonchev–Trinajstić information content (AvgIpc) is 2.06. The molecule has 0 atom stereocenters. The van der Waals surface area contributed by atoms with Crippen LogP contribution in [0.25, 0.3) is 0 Å². The van der Waals surface area contributed by atoms with Gasteiger partial charge in [0.1, 0.15) is 0 Å². The van der Waals surface area contributed by atoms with E-state index in [1.54, 1.807) is 5.37 Å². The van der Waals surface area contributed by atoms with Crippen LogP contribution in [0.15, 0.2) is 18.2 Å². The van der Waals surface area contributed by atoms with Crippen LogP contribution in [0, 0.1) is 6.07 Å². The number of hydrogen-bond acceptors (Lipinski definition) is 1. The molecule has 0 saturated carbocycles. The summed E-state index contributed by atoms with van der Waals surface area (Å²) >= 11 is 4.77. The quantitative estimate of drug-likeness (QED) is 0.617. The lowest BCUT2D eigenvalue weighted by atomic mass is 10.1. The molecule has 0 aliphatic carbocycles. The first kappa shape index (κ1) is 8.41. The van der Waals surface area contributed by atoms with Gasteiger partial charge in [-0.25, -0.2) is 0 Å². The molecule has 0 spiro atoms. The molecular formula is C10H11S. The predicted octanol–water partition coefficient (Wildman–Crippen LogP) is 2.59. The average molecular weight is 163 g/mol. The van der Waals surface area contributed by atoms with Gasteiger partial charge in [-0.2, -0.15) is 0 Å². The zero-order valence-electron chi connectivity index (χ0n) is 6.63. The van der Waals surface area contributed by atoms with E-state index >= 15 is 0 Å². The van der Waals surface area contributed by atoms with Crippen molar-refractivity contribution in [3.8, 4) is 0 Å². The van der Waals surface area contributed by atoms with Crippen molar-refractivity contribution in [3.63, 3.8) is 0 Å². The minimum Gasteiger partial charge on any atom is -0.0931 e. The molecule has 0 aliphatic heterocycles. The normalized spacial score (nSPS) is 9.55. The van der Waals surface area contributed by atoms with Gasteiger partial charge in [-0.3, -0.25) is 0 Å². The van der Waals surface area contributed by atoms with E-state index in [0.29, 0.717) is 0 Å².